The maximum absolute atomic E-state index is 14.9. The van der Waals surface area contributed by atoms with Crippen molar-refractivity contribution >= 4 is 17.3 Å². The summed E-state index contributed by atoms with van der Waals surface area (Å²) in [5.41, 5.74) is 3.17. The summed E-state index contributed by atoms with van der Waals surface area (Å²) in [4.78, 5) is 33.8. The lowest BCUT2D eigenvalue weighted by atomic mass is 9.55. The summed E-state index contributed by atoms with van der Waals surface area (Å²) >= 11 is 0. The van der Waals surface area contributed by atoms with Gasteiger partial charge in [0.2, 0.25) is 11.7 Å². The van der Waals surface area contributed by atoms with E-state index in [1.54, 1.807) is 24.3 Å². The Balaban J connectivity index is 1.54. The molecule has 2 saturated carbocycles. The highest BCUT2D eigenvalue weighted by atomic mass is 16.7. The monoisotopic (exact) mass is 873 g/mol. The van der Waals surface area contributed by atoms with E-state index in [2.05, 4.69) is 19.2 Å². The zero-order valence-electron chi connectivity index (χ0n) is 36.7. The van der Waals surface area contributed by atoms with Gasteiger partial charge in [0.15, 0.2) is 0 Å². The van der Waals surface area contributed by atoms with Crippen LogP contribution in [-0.2, 0) is 25.7 Å². The van der Waals surface area contributed by atoms with Gasteiger partial charge in [0.05, 0.1) is 43.0 Å². The van der Waals surface area contributed by atoms with Gasteiger partial charge < -0.3 is 44.0 Å². The van der Waals surface area contributed by atoms with Gasteiger partial charge >= 0.3 is 0 Å². The minimum Gasteiger partial charge on any atom is -0.490 e. The Bertz CT molecular complexity index is 1880. The van der Waals surface area contributed by atoms with Crippen molar-refractivity contribution in [1.29, 1.82) is 0 Å². The summed E-state index contributed by atoms with van der Waals surface area (Å²) in [6, 6.07) is 11.3. The molecule has 6 rings (SSSR count). The molecule has 0 bridgehead atoms. The van der Waals surface area contributed by atoms with E-state index in [0.29, 0.717) is 54.6 Å². The number of non-ortho nitro benzene ring substituents is 1. The number of allylic oxidation sites excluding steroid dienone is 1. The number of hydrogen-bond acceptors (Lipinski definition) is 12. The molecule has 3 aliphatic carbocycles. The molecule has 0 radical (unpaired) electrons. The van der Waals surface area contributed by atoms with Gasteiger partial charge in [-0.2, -0.15) is 0 Å². The SMILES string of the molecule is C=CCOc1ccc2c(c1)[C@H]1[C@H](CCCCO)[C@@H](CCCCO)C=C3C(=NOCc4ccc([N+](=O)[O-])cc4)C[C@H](N(CCOCCO)C(=O)CCC4CCCC4)[C@@](OCC=C)(O2)[C@H]31. The summed E-state index contributed by atoms with van der Waals surface area (Å²) in [7, 11) is 0. The predicted molar refractivity (Wildman–Crippen MR) is 239 cm³/mol. The molecule has 0 saturated heterocycles. The summed E-state index contributed by atoms with van der Waals surface area (Å²) < 4.78 is 26.4. The lowest BCUT2D eigenvalue weighted by Crippen LogP contribution is -2.70. The summed E-state index contributed by atoms with van der Waals surface area (Å²) in [5.74, 6) is -0.351. The molecule has 344 valence electrons. The number of hydrogen-bond donors (Lipinski definition) is 3. The maximum Gasteiger partial charge on any atom is 0.269 e. The first-order valence-electron chi connectivity index (χ1n) is 22.9. The number of benzene rings is 2. The molecule has 2 fully saturated rings. The Morgan fingerprint density at radius 1 is 0.952 bits per heavy atom. The molecule has 1 amide bonds. The van der Waals surface area contributed by atoms with Gasteiger partial charge in [0, 0.05) is 56.2 Å². The zero-order valence-corrected chi connectivity index (χ0v) is 36.7. The normalized spacial score (nSPS) is 24.5. The van der Waals surface area contributed by atoms with Crippen LogP contribution in [0.3, 0.4) is 0 Å². The van der Waals surface area contributed by atoms with E-state index in [1.807, 2.05) is 23.1 Å². The van der Waals surface area contributed by atoms with Crippen LogP contribution in [0.5, 0.6) is 11.5 Å². The number of nitrogens with zero attached hydrogens (tertiary/aromatic N) is 3. The van der Waals surface area contributed by atoms with Crippen molar-refractivity contribution in [2.24, 2.45) is 28.8 Å². The standard InChI is InChI=1S/C49H67N3O11/c1-3-27-60-39-20-21-44-42(32-39)47-40(14-8-10-25-54)37(13-7-9-24-53)31-41-43(50-62-34-36-15-18-38(19-16-36)52(57)58)33-45(49(63-44,48(41)47)61-28-4-2)51(23-29-59-30-26-55)46(56)22-17-35-11-5-6-12-35/h3-4,15-16,18-21,31-32,35,37,40,45,47-48,53-55H,1-2,5-14,17,22-30,33-34H2/t37-,40+,45-,47+,48+,49+/m0/s1. The molecule has 63 heavy (non-hydrogen) atoms. The number of aliphatic hydroxyl groups excluding tert-OH is 3. The number of fused-ring (bicyclic) bond motifs is 2. The molecule has 0 spiro atoms. The van der Waals surface area contributed by atoms with Crippen molar-refractivity contribution in [2.75, 3.05) is 52.8 Å². The summed E-state index contributed by atoms with van der Waals surface area (Å²) in [6.07, 6.45) is 16.1. The van der Waals surface area contributed by atoms with Gasteiger partial charge in [0.1, 0.15) is 30.8 Å². The summed E-state index contributed by atoms with van der Waals surface area (Å²) in [5, 5.41) is 45.7. The van der Waals surface area contributed by atoms with E-state index in [-0.39, 0.29) is 88.6 Å². The quantitative estimate of drug-likeness (QED) is 0.0345. The van der Waals surface area contributed by atoms with Crippen molar-refractivity contribution in [2.45, 2.75) is 108 Å². The Morgan fingerprint density at radius 3 is 2.40 bits per heavy atom. The van der Waals surface area contributed by atoms with Crippen molar-refractivity contribution < 1.29 is 48.8 Å². The van der Waals surface area contributed by atoms with E-state index < -0.39 is 22.7 Å². The fraction of sp³-hybridized carbons (Fsp3) is 0.592. The van der Waals surface area contributed by atoms with Crippen molar-refractivity contribution in [3.05, 3.63) is 101 Å². The van der Waals surface area contributed by atoms with Crippen LogP contribution in [0.15, 0.2) is 84.6 Å². The summed E-state index contributed by atoms with van der Waals surface area (Å²) in [6.45, 7) is 8.91. The van der Waals surface area contributed by atoms with Crippen LogP contribution in [-0.4, -0.2) is 101 Å². The Hall–Kier alpha value is -4.60. The van der Waals surface area contributed by atoms with Crippen LogP contribution in [0, 0.1) is 33.8 Å². The third-order valence-corrected chi connectivity index (χ3v) is 13.2. The topological polar surface area (TPSA) is 183 Å². The molecule has 0 unspecified atom stereocenters. The number of ether oxygens (including phenoxy) is 4. The van der Waals surface area contributed by atoms with Crippen molar-refractivity contribution in [1.82, 2.24) is 4.90 Å². The van der Waals surface area contributed by atoms with Gasteiger partial charge in [-0.3, -0.25) is 14.9 Å². The number of amides is 1. The number of carbonyl (C=O) groups is 1. The van der Waals surface area contributed by atoms with E-state index >= 15 is 0 Å². The fourth-order valence-corrected chi connectivity index (χ4v) is 10.3. The van der Waals surface area contributed by atoms with E-state index in [1.165, 1.54) is 25.0 Å². The second-order valence-corrected chi connectivity index (χ2v) is 17.2. The second-order valence-electron chi connectivity index (χ2n) is 17.2. The molecule has 2 aromatic rings. The van der Waals surface area contributed by atoms with Crippen LogP contribution < -0.4 is 9.47 Å². The average molecular weight is 874 g/mol. The Kier molecular flexibility index (Phi) is 18.2. The molecule has 4 aliphatic rings. The minimum absolute atomic E-state index is 0.0217. The molecule has 1 aliphatic heterocycles. The van der Waals surface area contributed by atoms with Crippen LogP contribution in [0.25, 0.3) is 0 Å². The van der Waals surface area contributed by atoms with Gasteiger partial charge in [0.25, 0.3) is 5.69 Å². The second kappa shape index (κ2) is 23.9. The molecular formula is C49H67N3O11. The molecule has 14 nitrogen and oxygen atoms in total. The Labute approximate surface area is 371 Å². The van der Waals surface area contributed by atoms with Crippen molar-refractivity contribution in [3.63, 3.8) is 0 Å². The highest BCUT2D eigenvalue weighted by molar-refractivity contribution is 6.03. The van der Waals surface area contributed by atoms with Gasteiger partial charge in [-0.15, -0.1) is 6.58 Å². The molecule has 14 heteroatoms. The largest absolute Gasteiger partial charge is 0.490 e. The van der Waals surface area contributed by atoms with Gasteiger partial charge in [-0.1, -0.05) is 68.5 Å². The van der Waals surface area contributed by atoms with Gasteiger partial charge in [-0.05, 0) is 91.3 Å². The Morgan fingerprint density at radius 2 is 1.70 bits per heavy atom. The number of rotatable bonds is 27. The third-order valence-electron chi connectivity index (χ3n) is 13.2. The first-order chi connectivity index (χ1) is 30.8. The molecule has 2 aromatic carbocycles. The molecule has 6 atom stereocenters. The molecule has 0 aromatic heterocycles. The van der Waals surface area contributed by atoms with Crippen LogP contribution in [0.1, 0.15) is 101 Å². The van der Waals surface area contributed by atoms with E-state index in [0.717, 1.165) is 56.1 Å². The van der Waals surface area contributed by atoms with Crippen molar-refractivity contribution in [3.8, 4) is 11.5 Å². The lowest BCUT2D eigenvalue weighted by Gasteiger charge is -2.60. The predicted octanol–water partition coefficient (Wildman–Crippen LogP) is 7.80. The molecule has 1 heterocycles. The molecular weight excluding hydrogens is 807 g/mol. The number of oxime groups is 1. The van der Waals surface area contributed by atoms with E-state index in [9.17, 15) is 30.2 Å². The number of carbonyl (C=O) groups excluding carboxylic acids is 1. The fourth-order valence-electron chi connectivity index (χ4n) is 10.3. The zero-order chi connectivity index (χ0) is 44.6. The minimum atomic E-state index is -1.43. The number of nitro benzene ring substituents is 1. The van der Waals surface area contributed by atoms with Crippen LogP contribution in [0.2, 0.25) is 0 Å². The highest BCUT2D eigenvalue weighted by Crippen LogP contribution is 2.62. The average Bonchev–Trinajstić information content (AvgIpc) is 3.82. The number of nitro groups is 1. The number of aliphatic hydroxyl groups is 3. The first-order valence-corrected chi connectivity index (χ1v) is 22.9. The smallest absolute Gasteiger partial charge is 0.269 e. The van der Waals surface area contributed by atoms with Crippen LogP contribution in [0.4, 0.5) is 5.69 Å². The number of unbranched alkanes of at least 4 members (excludes halogenated alkanes) is 2. The van der Waals surface area contributed by atoms with E-state index in [4.69, 9.17) is 28.9 Å². The maximum atomic E-state index is 14.9. The first kappa shape index (κ1) is 47.9. The molecule has 3 N–H and O–H groups in total. The van der Waals surface area contributed by atoms with Crippen LogP contribution >= 0.6 is 0 Å². The third kappa shape index (κ3) is 11.8. The van der Waals surface area contributed by atoms with Gasteiger partial charge in [-0.25, -0.2) is 0 Å². The lowest BCUT2D eigenvalue weighted by molar-refractivity contribution is -0.384. The highest BCUT2D eigenvalue weighted by Gasteiger charge is 2.65.